The molecule has 2 amide bonds. The predicted octanol–water partition coefficient (Wildman–Crippen LogP) is 5.77. The third-order valence-electron chi connectivity index (χ3n) is 4.73. The van der Waals surface area contributed by atoms with E-state index in [0.29, 0.717) is 39.5 Å². The summed E-state index contributed by atoms with van der Waals surface area (Å²) in [6.45, 7) is 6.72. The molecule has 4 nitrogen and oxygen atoms in total. The van der Waals surface area contributed by atoms with Gasteiger partial charge in [0.1, 0.15) is 6.04 Å². The first-order valence-corrected chi connectivity index (χ1v) is 11.1. The van der Waals surface area contributed by atoms with Crippen LogP contribution in [0, 0.1) is 5.92 Å². The molecule has 0 aromatic heterocycles. The van der Waals surface area contributed by atoms with Gasteiger partial charge in [-0.15, -0.1) is 0 Å². The van der Waals surface area contributed by atoms with Crippen LogP contribution in [0.4, 0.5) is 0 Å². The summed E-state index contributed by atoms with van der Waals surface area (Å²) in [7, 11) is 0. The number of nitrogens with one attached hydrogen (secondary N) is 1. The van der Waals surface area contributed by atoms with Gasteiger partial charge in [0.05, 0.1) is 6.42 Å². The summed E-state index contributed by atoms with van der Waals surface area (Å²) in [4.78, 5) is 27.8. The van der Waals surface area contributed by atoms with Crippen molar-refractivity contribution in [2.24, 2.45) is 5.92 Å². The fourth-order valence-electron chi connectivity index (χ4n) is 3.08. The molecule has 1 atom stereocenters. The Balaban J connectivity index is 2.32. The van der Waals surface area contributed by atoms with E-state index in [1.54, 1.807) is 29.2 Å². The van der Waals surface area contributed by atoms with E-state index in [0.717, 1.165) is 5.56 Å². The molecule has 0 fully saturated rings. The highest BCUT2D eigenvalue weighted by atomic mass is 35.5. The number of benzene rings is 2. The zero-order valence-corrected chi connectivity index (χ0v) is 19.7. The van der Waals surface area contributed by atoms with Crippen LogP contribution < -0.4 is 5.32 Å². The molecule has 2 aromatic rings. The fraction of sp³-hybridized carbons (Fsp3) is 0.391. The van der Waals surface area contributed by atoms with Crippen molar-refractivity contribution in [3.8, 4) is 0 Å². The molecule has 0 saturated heterocycles. The van der Waals surface area contributed by atoms with Crippen LogP contribution in [0.25, 0.3) is 0 Å². The van der Waals surface area contributed by atoms with E-state index in [1.165, 1.54) is 0 Å². The van der Waals surface area contributed by atoms with E-state index < -0.39 is 6.04 Å². The number of amides is 2. The molecular formula is C23H27Cl3N2O2. The Bertz CT molecular complexity index is 887. The number of rotatable bonds is 9. The number of hydrogen-bond acceptors (Lipinski definition) is 2. The summed E-state index contributed by atoms with van der Waals surface area (Å²) in [5.41, 5.74) is 1.44. The van der Waals surface area contributed by atoms with Crippen LogP contribution in [-0.4, -0.2) is 29.3 Å². The third kappa shape index (κ3) is 6.90. The Morgan fingerprint density at radius 2 is 1.70 bits per heavy atom. The molecule has 0 bridgehead atoms. The molecule has 30 heavy (non-hydrogen) atoms. The van der Waals surface area contributed by atoms with Gasteiger partial charge in [-0.05, 0) is 41.7 Å². The Morgan fingerprint density at radius 3 is 2.30 bits per heavy atom. The lowest BCUT2D eigenvalue weighted by Gasteiger charge is -2.31. The van der Waals surface area contributed by atoms with Crippen LogP contribution in [0.1, 0.15) is 38.3 Å². The minimum absolute atomic E-state index is 0.0639. The smallest absolute Gasteiger partial charge is 0.242 e. The van der Waals surface area contributed by atoms with Gasteiger partial charge in [0, 0.05) is 28.2 Å². The van der Waals surface area contributed by atoms with Gasteiger partial charge in [-0.2, -0.15) is 0 Å². The maximum absolute atomic E-state index is 13.3. The lowest BCUT2D eigenvalue weighted by atomic mass is 10.1. The molecule has 0 saturated carbocycles. The molecule has 0 aliphatic carbocycles. The highest BCUT2D eigenvalue weighted by Gasteiger charge is 2.29. The zero-order valence-electron chi connectivity index (χ0n) is 17.4. The SMILES string of the molecule is CC[C@H](C(=O)NCC(C)C)N(Cc1ccccc1Cl)C(=O)Cc1ccc(Cl)cc1Cl. The number of carbonyl (C=O) groups is 2. The van der Waals surface area contributed by atoms with Crippen molar-refractivity contribution in [3.63, 3.8) is 0 Å². The average molecular weight is 470 g/mol. The molecule has 162 valence electrons. The molecule has 0 radical (unpaired) electrons. The van der Waals surface area contributed by atoms with Crippen molar-refractivity contribution in [2.75, 3.05) is 6.54 Å². The molecular weight excluding hydrogens is 443 g/mol. The molecule has 7 heteroatoms. The van der Waals surface area contributed by atoms with Crippen molar-refractivity contribution in [1.82, 2.24) is 10.2 Å². The summed E-state index contributed by atoms with van der Waals surface area (Å²) < 4.78 is 0. The lowest BCUT2D eigenvalue weighted by molar-refractivity contribution is -0.141. The first kappa shape index (κ1) is 24.5. The van der Waals surface area contributed by atoms with Gasteiger partial charge in [-0.1, -0.05) is 79.8 Å². The highest BCUT2D eigenvalue weighted by molar-refractivity contribution is 6.35. The standard InChI is InChI=1S/C23H27Cl3N2O2/c1-4-21(23(30)27-13-15(2)3)28(14-17-7-5-6-8-19(17)25)22(29)11-16-9-10-18(24)12-20(16)26/h5-10,12,15,21H,4,11,13-14H2,1-3H3,(H,27,30)/t21-/m1/s1. The van der Waals surface area contributed by atoms with E-state index in [9.17, 15) is 9.59 Å². The Labute approximate surface area is 193 Å². The van der Waals surface area contributed by atoms with Crippen LogP contribution in [0.15, 0.2) is 42.5 Å². The van der Waals surface area contributed by atoms with E-state index in [4.69, 9.17) is 34.8 Å². The molecule has 2 rings (SSSR count). The predicted molar refractivity (Wildman–Crippen MR) is 124 cm³/mol. The Kier molecular flexibility index (Phi) is 9.47. The normalized spacial score (nSPS) is 12.0. The summed E-state index contributed by atoms with van der Waals surface area (Å²) in [5.74, 6) is -0.0634. The molecule has 0 spiro atoms. The van der Waals surface area contributed by atoms with E-state index in [1.807, 2.05) is 39.0 Å². The zero-order chi connectivity index (χ0) is 22.3. The number of halogens is 3. The second-order valence-electron chi connectivity index (χ2n) is 7.59. The van der Waals surface area contributed by atoms with E-state index in [-0.39, 0.29) is 24.8 Å². The maximum Gasteiger partial charge on any atom is 0.242 e. The second kappa shape index (κ2) is 11.6. The highest BCUT2D eigenvalue weighted by Crippen LogP contribution is 2.24. The average Bonchev–Trinajstić information content (AvgIpc) is 2.69. The van der Waals surface area contributed by atoms with Crippen molar-refractivity contribution in [2.45, 2.75) is 46.2 Å². The van der Waals surface area contributed by atoms with Crippen molar-refractivity contribution < 1.29 is 9.59 Å². The van der Waals surface area contributed by atoms with Crippen molar-refractivity contribution in [3.05, 3.63) is 68.7 Å². The molecule has 0 aliphatic heterocycles. The summed E-state index contributed by atoms with van der Waals surface area (Å²) in [6.07, 6.45) is 0.545. The van der Waals surface area contributed by atoms with E-state index in [2.05, 4.69) is 5.32 Å². The first-order chi connectivity index (χ1) is 14.2. The van der Waals surface area contributed by atoms with Gasteiger partial charge in [0.2, 0.25) is 11.8 Å². The quantitative estimate of drug-likeness (QED) is 0.507. The van der Waals surface area contributed by atoms with Gasteiger partial charge < -0.3 is 10.2 Å². The summed E-state index contributed by atoms with van der Waals surface area (Å²) in [6, 6.07) is 11.7. The summed E-state index contributed by atoms with van der Waals surface area (Å²) in [5, 5.41) is 4.42. The third-order valence-corrected chi connectivity index (χ3v) is 5.68. The lowest BCUT2D eigenvalue weighted by Crippen LogP contribution is -2.50. The molecule has 1 N–H and O–H groups in total. The number of nitrogens with zero attached hydrogens (tertiary/aromatic N) is 1. The Hall–Kier alpha value is -1.75. The summed E-state index contributed by atoms with van der Waals surface area (Å²) >= 11 is 18.6. The fourth-order valence-corrected chi connectivity index (χ4v) is 3.75. The minimum atomic E-state index is -0.612. The van der Waals surface area contributed by atoms with Gasteiger partial charge >= 0.3 is 0 Å². The molecule has 0 heterocycles. The number of hydrogen-bond donors (Lipinski definition) is 1. The van der Waals surface area contributed by atoms with Gasteiger partial charge in [-0.3, -0.25) is 9.59 Å². The molecule has 2 aromatic carbocycles. The topological polar surface area (TPSA) is 49.4 Å². The minimum Gasteiger partial charge on any atom is -0.354 e. The van der Waals surface area contributed by atoms with Crippen LogP contribution in [0.3, 0.4) is 0 Å². The van der Waals surface area contributed by atoms with Gasteiger partial charge in [0.25, 0.3) is 0 Å². The van der Waals surface area contributed by atoms with Crippen LogP contribution in [0.5, 0.6) is 0 Å². The Morgan fingerprint density at radius 1 is 1.00 bits per heavy atom. The van der Waals surface area contributed by atoms with Crippen LogP contribution >= 0.6 is 34.8 Å². The van der Waals surface area contributed by atoms with Crippen LogP contribution in [-0.2, 0) is 22.6 Å². The van der Waals surface area contributed by atoms with Crippen LogP contribution in [0.2, 0.25) is 15.1 Å². The van der Waals surface area contributed by atoms with Gasteiger partial charge in [0.15, 0.2) is 0 Å². The van der Waals surface area contributed by atoms with Gasteiger partial charge in [-0.25, -0.2) is 0 Å². The van der Waals surface area contributed by atoms with Crippen molar-refractivity contribution in [1.29, 1.82) is 0 Å². The number of carbonyl (C=O) groups excluding carboxylic acids is 2. The van der Waals surface area contributed by atoms with Crippen molar-refractivity contribution >= 4 is 46.6 Å². The second-order valence-corrected chi connectivity index (χ2v) is 8.84. The largest absolute Gasteiger partial charge is 0.354 e. The monoisotopic (exact) mass is 468 g/mol. The first-order valence-electron chi connectivity index (χ1n) is 9.97. The molecule has 0 aliphatic rings. The molecule has 0 unspecified atom stereocenters. The van der Waals surface area contributed by atoms with E-state index >= 15 is 0 Å². The maximum atomic E-state index is 13.3.